The van der Waals surface area contributed by atoms with Gasteiger partial charge >= 0.3 is 16.9 Å². The zero-order valence-corrected chi connectivity index (χ0v) is 9.99. The van der Waals surface area contributed by atoms with E-state index in [-0.39, 0.29) is 11.4 Å². The smallest absolute Gasteiger partial charge is 0.357 e. The molecule has 1 aromatic heterocycles. The van der Waals surface area contributed by atoms with E-state index in [1.54, 1.807) is 17.1 Å². The lowest BCUT2D eigenvalue weighted by molar-refractivity contribution is -0.386. The molecule has 2 rings (SSSR count). The second-order valence-electron chi connectivity index (χ2n) is 3.85. The minimum absolute atomic E-state index is 0.0812. The van der Waals surface area contributed by atoms with Crippen LogP contribution in [0.4, 0.5) is 5.69 Å². The average Bonchev–Trinajstić information content (AvgIpc) is 2.36. The maximum atomic E-state index is 11.4. The van der Waals surface area contributed by atoms with Crippen LogP contribution in [0.1, 0.15) is 11.3 Å². The number of nitrogens with one attached hydrogen (secondary N) is 2. The zero-order chi connectivity index (χ0) is 14.7. The van der Waals surface area contributed by atoms with Crippen LogP contribution >= 0.6 is 0 Å². The maximum Gasteiger partial charge on any atom is 0.357 e. The number of aromatic nitrogens is 2. The Morgan fingerprint density at radius 3 is 2.35 bits per heavy atom. The minimum atomic E-state index is -1.07. The number of nitrogens with zero attached hydrogens (tertiary/aromatic N) is 1. The fourth-order valence-corrected chi connectivity index (χ4v) is 1.56. The van der Waals surface area contributed by atoms with Crippen molar-refractivity contribution in [2.24, 2.45) is 0 Å². The summed E-state index contributed by atoms with van der Waals surface area (Å²) in [6.07, 6.45) is 2.72. The molecule has 0 aliphatic heterocycles. The topological polar surface area (TPSA) is 129 Å². The molecule has 0 atom stereocenters. The molecule has 0 aliphatic rings. The third-order valence-electron chi connectivity index (χ3n) is 2.46. The Bertz CT molecular complexity index is 786. The van der Waals surface area contributed by atoms with Crippen LogP contribution in [0.15, 0.2) is 33.9 Å². The first-order valence-electron chi connectivity index (χ1n) is 5.45. The first kappa shape index (κ1) is 13.3. The number of hydrogen-bond donors (Lipinski definition) is 3. The molecule has 0 bridgehead atoms. The molecule has 0 saturated heterocycles. The second kappa shape index (κ2) is 5.22. The Morgan fingerprint density at radius 1 is 1.10 bits per heavy atom. The highest BCUT2D eigenvalue weighted by Crippen LogP contribution is 2.14. The third-order valence-corrected chi connectivity index (χ3v) is 2.46. The molecule has 102 valence electrons. The molecular weight excluding hydrogens is 266 g/mol. The van der Waals surface area contributed by atoms with Crippen LogP contribution in [-0.2, 0) is 0 Å². The Morgan fingerprint density at radius 2 is 1.75 bits per heavy atom. The van der Waals surface area contributed by atoms with Gasteiger partial charge < -0.3 is 10.1 Å². The van der Waals surface area contributed by atoms with Gasteiger partial charge in [-0.05, 0) is 23.8 Å². The number of rotatable bonds is 3. The van der Waals surface area contributed by atoms with Gasteiger partial charge in [0, 0.05) is 0 Å². The summed E-state index contributed by atoms with van der Waals surface area (Å²) in [5.74, 6) is 0.0812. The number of phenols is 1. The van der Waals surface area contributed by atoms with Gasteiger partial charge in [0.15, 0.2) is 0 Å². The molecule has 8 nitrogen and oxygen atoms in total. The van der Waals surface area contributed by atoms with Crippen LogP contribution < -0.4 is 11.2 Å². The van der Waals surface area contributed by atoms with E-state index in [1.165, 1.54) is 24.3 Å². The van der Waals surface area contributed by atoms with Gasteiger partial charge in [-0.1, -0.05) is 18.2 Å². The van der Waals surface area contributed by atoms with Crippen molar-refractivity contribution in [1.82, 2.24) is 9.97 Å². The van der Waals surface area contributed by atoms with Crippen molar-refractivity contribution in [2.45, 2.75) is 0 Å². The summed E-state index contributed by atoms with van der Waals surface area (Å²) in [4.78, 5) is 36.4. The fourth-order valence-electron chi connectivity index (χ4n) is 1.56. The predicted octanol–water partition coefficient (Wildman–Crippen LogP) is 0.847. The van der Waals surface area contributed by atoms with Crippen LogP contribution in [0.2, 0.25) is 0 Å². The van der Waals surface area contributed by atoms with Gasteiger partial charge in [0.25, 0.3) is 0 Å². The number of aromatic amines is 2. The third kappa shape index (κ3) is 2.80. The molecule has 1 aromatic carbocycles. The highest BCUT2D eigenvalue weighted by Gasteiger charge is 2.18. The van der Waals surface area contributed by atoms with E-state index >= 15 is 0 Å². The van der Waals surface area contributed by atoms with Gasteiger partial charge in [-0.3, -0.25) is 19.9 Å². The molecule has 0 spiro atoms. The van der Waals surface area contributed by atoms with Crippen molar-refractivity contribution < 1.29 is 10.0 Å². The van der Waals surface area contributed by atoms with Crippen molar-refractivity contribution in [2.75, 3.05) is 0 Å². The van der Waals surface area contributed by atoms with E-state index in [1.807, 2.05) is 0 Å². The molecule has 2 aromatic rings. The Balaban J connectivity index is 2.48. The van der Waals surface area contributed by atoms with Gasteiger partial charge in [0.05, 0.1) is 4.92 Å². The second-order valence-corrected chi connectivity index (χ2v) is 3.85. The summed E-state index contributed by atoms with van der Waals surface area (Å²) in [5, 5.41) is 19.9. The quantitative estimate of drug-likeness (QED) is 0.564. The SMILES string of the molecule is O=c1[nH]c(/C=C/c2ccc(O)cc2)c([N+](=O)[O-])c(=O)[nH]1. The number of nitro groups is 1. The van der Waals surface area contributed by atoms with Gasteiger partial charge in [0.1, 0.15) is 11.4 Å². The Kier molecular flexibility index (Phi) is 3.47. The average molecular weight is 275 g/mol. The lowest BCUT2D eigenvalue weighted by Crippen LogP contribution is -2.25. The summed E-state index contributed by atoms with van der Waals surface area (Å²) in [6.45, 7) is 0. The molecular formula is C12H9N3O5. The van der Waals surface area contributed by atoms with Crippen molar-refractivity contribution in [1.29, 1.82) is 0 Å². The van der Waals surface area contributed by atoms with Crippen LogP contribution in [0, 0.1) is 10.1 Å². The normalized spacial score (nSPS) is 10.8. The van der Waals surface area contributed by atoms with E-state index in [9.17, 15) is 19.7 Å². The van der Waals surface area contributed by atoms with Gasteiger partial charge in [0.2, 0.25) is 0 Å². The van der Waals surface area contributed by atoms with Gasteiger partial charge in [-0.15, -0.1) is 0 Å². The van der Waals surface area contributed by atoms with Crippen molar-refractivity contribution in [3.63, 3.8) is 0 Å². The maximum absolute atomic E-state index is 11.4. The number of hydrogen-bond acceptors (Lipinski definition) is 5. The first-order valence-corrected chi connectivity index (χ1v) is 5.45. The van der Waals surface area contributed by atoms with Crippen molar-refractivity contribution >= 4 is 17.8 Å². The minimum Gasteiger partial charge on any atom is -0.508 e. The molecule has 1 heterocycles. The lowest BCUT2D eigenvalue weighted by atomic mass is 10.2. The van der Waals surface area contributed by atoms with E-state index in [2.05, 4.69) is 4.98 Å². The molecule has 0 radical (unpaired) electrons. The van der Waals surface area contributed by atoms with Crippen molar-refractivity contribution in [3.05, 3.63) is 66.5 Å². The molecule has 0 fully saturated rings. The summed E-state index contributed by atoms with van der Waals surface area (Å²) < 4.78 is 0. The first-order chi connectivity index (χ1) is 9.47. The predicted molar refractivity (Wildman–Crippen MR) is 71.4 cm³/mol. The van der Waals surface area contributed by atoms with E-state index in [0.717, 1.165) is 0 Å². The molecule has 8 heteroatoms. The highest BCUT2D eigenvalue weighted by atomic mass is 16.6. The van der Waals surface area contributed by atoms with E-state index < -0.39 is 21.9 Å². The summed E-state index contributed by atoms with van der Waals surface area (Å²) in [5.41, 5.74) is -2.19. The van der Waals surface area contributed by atoms with Gasteiger partial charge in [-0.2, -0.15) is 0 Å². The summed E-state index contributed by atoms with van der Waals surface area (Å²) in [6, 6.07) is 6.02. The summed E-state index contributed by atoms with van der Waals surface area (Å²) >= 11 is 0. The van der Waals surface area contributed by atoms with E-state index in [4.69, 9.17) is 5.11 Å². The van der Waals surface area contributed by atoms with Crippen LogP contribution in [0.5, 0.6) is 5.75 Å². The zero-order valence-electron chi connectivity index (χ0n) is 9.99. The van der Waals surface area contributed by atoms with Crippen LogP contribution in [0.25, 0.3) is 12.2 Å². The number of phenolic OH excluding ortho intramolecular Hbond substituents is 1. The Labute approximate surface area is 111 Å². The number of benzene rings is 1. The number of aromatic hydroxyl groups is 1. The largest absolute Gasteiger partial charge is 0.508 e. The molecule has 20 heavy (non-hydrogen) atoms. The molecule has 0 amide bonds. The Hall–Kier alpha value is -3.16. The highest BCUT2D eigenvalue weighted by molar-refractivity contribution is 5.71. The molecule has 3 N–H and O–H groups in total. The lowest BCUT2D eigenvalue weighted by Gasteiger charge is -1.97. The monoisotopic (exact) mass is 275 g/mol. The molecule has 0 aliphatic carbocycles. The van der Waals surface area contributed by atoms with Crippen LogP contribution in [0.3, 0.4) is 0 Å². The van der Waals surface area contributed by atoms with Gasteiger partial charge in [-0.25, -0.2) is 4.79 Å². The summed E-state index contributed by atoms with van der Waals surface area (Å²) in [7, 11) is 0. The molecule has 0 saturated carbocycles. The van der Waals surface area contributed by atoms with Crippen LogP contribution in [-0.4, -0.2) is 20.0 Å². The number of H-pyrrole nitrogens is 2. The standard InChI is InChI=1S/C12H9N3O5/c16-8-4-1-7(2-5-8)3-6-9-10(15(19)20)11(17)14-12(18)13-9/h1-6,16H,(H2,13,14,17,18)/b6-3+. The van der Waals surface area contributed by atoms with Crippen molar-refractivity contribution in [3.8, 4) is 5.75 Å². The van der Waals surface area contributed by atoms with E-state index in [0.29, 0.717) is 5.56 Å². The fraction of sp³-hybridized carbons (Fsp3) is 0. The molecule has 0 unspecified atom stereocenters.